The van der Waals surface area contributed by atoms with Crippen LogP contribution >= 0.6 is 11.6 Å². The summed E-state index contributed by atoms with van der Waals surface area (Å²) in [5.74, 6) is -1.25. The molecule has 1 fully saturated rings. The zero-order chi connectivity index (χ0) is 21.6. The molecule has 3 rings (SSSR count). The number of nitrogens with zero attached hydrogens (tertiary/aromatic N) is 1. The molecule has 1 saturated heterocycles. The Balaban J connectivity index is 1.61. The normalized spacial score (nSPS) is 15.2. The van der Waals surface area contributed by atoms with Gasteiger partial charge in [0.05, 0.1) is 10.5 Å². The first-order valence-electron chi connectivity index (χ1n) is 9.69. The van der Waals surface area contributed by atoms with Gasteiger partial charge in [0.2, 0.25) is 10.0 Å². The summed E-state index contributed by atoms with van der Waals surface area (Å²) >= 11 is 5.84. The lowest BCUT2D eigenvalue weighted by Crippen LogP contribution is -2.32. The molecule has 2 aromatic rings. The quantitative estimate of drug-likeness (QED) is 0.677. The van der Waals surface area contributed by atoms with E-state index in [-0.39, 0.29) is 10.5 Å². The molecule has 9 heteroatoms. The monoisotopic (exact) mass is 450 g/mol. The molecule has 1 aliphatic rings. The van der Waals surface area contributed by atoms with Crippen molar-refractivity contribution in [2.75, 3.05) is 25.0 Å². The van der Waals surface area contributed by atoms with Crippen LogP contribution in [0.25, 0.3) is 0 Å². The van der Waals surface area contributed by atoms with Crippen LogP contribution in [-0.4, -0.2) is 44.3 Å². The second kappa shape index (κ2) is 10.1. The number of amides is 1. The number of anilines is 1. The molecule has 7 nitrogen and oxygen atoms in total. The van der Waals surface area contributed by atoms with Gasteiger partial charge in [0.25, 0.3) is 5.91 Å². The van der Waals surface area contributed by atoms with Gasteiger partial charge in [0.15, 0.2) is 6.61 Å². The molecule has 0 saturated carbocycles. The number of hydrogen-bond acceptors (Lipinski definition) is 5. The summed E-state index contributed by atoms with van der Waals surface area (Å²) in [6.45, 7) is 0.491. The van der Waals surface area contributed by atoms with Crippen LogP contribution in [0, 0.1) is 0 Å². The van der Waals surface area contributed by atoms with E-state index in [1.54, 1.807) is 24.3 Å². The second-order valence-electron chi connectivity index (χ2n) is 6.98. The standard InChI is InChI=1S/C21H23ClN2O5S/c22-17-8-5-7-16(13-17)21(26)29-15-20(25)23-18-9-6-10-19(14-18)30(27,28)24-11-3-1-2-4-12-24/h5-10,13-14H,1-4,11-12,15H2,(H,23,25). The van der Waals surface area contributed by atoms with Crippen molar-refractivity contribution in [3.63, 3.8) is 0 Å². The molecule has 0 aliphatic carbocycles. The molecule has 1 N–H and O–H groups in total. The Hall–Kier alpha value is -2.42. The number of carbonyl (C=O) groups excluding carboxylic acids is 2. The topological polar surface area (TPSA) is 92.8 Å². The van der Waals surface area contributed by atoms with Gasteiger partial charge in [-0.05, 0) is 49.2 Å². The summed E-state index contributed by atoms with van der Waals surface area (Å²) in [6.07, 6.45) is 3.73. The van der Waals surface area contributed by atoms with E-state index >= 15 is 0 Å². The molecule has 0 atom stereocenters. The number of rotatable bonds is 6. The van der Waals surface area contributed by atoms with Crippen molar-refractivity contribution >= 4 is 39.2 Å². The summed E-state index contributed by atoms with van der Waals surface area (Å²) in [4.78, 5) is 24.3. The summed E-state index contributed by atoms with van der Waals surface area (Å²) in [6, 6.07) is 12.3. The zero-order valence-electron chi connectivity index (χ0n) is 16.3. The minimum Gasteiger partial charge on any atom is -0.452 e. The second-order valence-corrected chi connectivity index (χ2v) is 9.36. The lowest BCUT2D eigenvalue weighted by atomic mass is 10.2. The average molecular weight is 451 g/mol. The number of sulfonamides is 1. The van der Waals surface area contributed by atoms with Crippen LogP contribution in [0.4, 0.5) is 5.69 Å². The summed E-state index contributed by atoms with van der Waals surface area (Å²) in [5, 5.41) is 2.95. The maximum absolute atomic E-state index is 12.9. The fourth-order valence-electron chi connectivity index (χ4n) is 3.19. The van der Waals surface area contributed by atoms with Gasteiger partial charge >= 0.3 is 5.97 Å². The van der Waals surface area contributed by atoms with Crippen molar-refractivity contribution in [3.05, 3.63) is 59.1 Å². The number of esters is 1. The number of nitrogens with one attached hydrogen (secondary N) is 1. The van der Waals surface area contributed by atoms with E-state index in [4.69, 9.17) is 16.3 Å². The summed E-state index contributed by atoms with van der Waals surface area (Å²) in [7, 11) is -3.63. The first-order valence-corrected chi connectivity index (χ1v) is 11.5. The molecule has 160 valence electrons. The van der Waals surface area contributed by atoms with Crippen LogP contribution in [0.2, 0.25) is 5.02 Å². The highest BCUT2D eigenvalue weighted by molar-refractivity contribution is 7.89. The van der Waals surface area contributed by atoms with Crippen molar-refractivity contribution in [2.24, 2.45) is 0 Å². The SMILES string of the molecule is O=C(COC(=O)c1cccc(Cl)c1)Nc1cccc(S(=O)(=O)N2CCCCCC2)c1. The molecule has 2 aromatic carbocycles. The molecule has 30 heavy (non-hydrogen) atoms. The Kier molecular flexibility index (Phi) is 7.47. The third-order valence-electron chi connectivity index (χ3n) is 4.72. The number of halogens is 1. The van der Waals surface area contributed by atoms with Crippen LogP contribution in [0.15, 0.2) is 53.4 Å². The number of hydrogen-bond donors (Lipinski definition) is 1. The van der Waals surface area contributed by atoms with E-state index in [1.165, 1.54) is 28.6 Å². The van der Waals surface area contributed by atoms with Crippen molar-refractivity contribution in [1.29, 1.82) is 0 Å². The van der Waals surface area contributed by atoms with Gasteiger partial charge in [0, 0.05) is 23.8 Å². The number of ether oxygens (including phenoxy) is 1. The Morgan fingerprint density at radius 1 is 1.00 bits per heavy atom. The van der Waals surface area contributed by atoms with Gasteiger partial charge in [-0.3, -0.25) is 4.79 Å². The maximum atomic E-state index is 12.9. The lowest BCUT2D eigenvalue weighted by molar-refractivity contribution is -0.119. The van der Waals surface area contributed by atoms with E-state index in [0.717, 1.165) is 25.7 Å². The third kappa shape index (κ3) is 5.81. The molecule has 0 radical (unpaired) electrons. The third-order valence-corrected chi connectivity index (χ3v) is 6.85. The van der Waals surface area contributed by atoms with E-state index in [2.05, 4.69) is 5.32 Å². The maximum Gasteiger partial charge on any atom is 0.338 e. The average Bonchev–Trinajstić information content (AvgIpc) is 3.02. The molecule has 1 aliphatic heterocycles. The molecule has 0 aromatic heterocycles. The molecule has 1 amide bonds. The van der Waals surface area contributed by atoms with Crippen LogP contribution in [0.1, 0.15) is 36.0 Å². The number of benzene rings is 2. The largest absolute Gasteiger partial charge is 0.452 e. The first-order chi connectivity index (χ1) is 14.4. The van der Waals surface area contributed by atoms with Gasteiger partial charge in [0.1, 0.15) is 0 Å². The highest BCUT2D eigenvalue weighted by atomic mass is 35.5. The van der Waals surface area contributed by atoms with E-state index in [0.29, 0.717) is 23.8 Å². The fourth-order valence-corrected chi connectivity index (χ4v) is 4.95. The molecular formula is C21H23ClN2O5S. The zero-order valence-corrected chi connectivity index (χ0v) is 17.9. The summed E-state index contributed by atoms with van der Waals surface area (Å²) in [5.41, 5.74) is 0.551. The van der Waals surface area contributed by atoms with Gasteiger partial charge in [-0.25, -0.2) is 13.2 Å². The fraction of sp³-hybridized carbons (Fsp3) is 0.333. The van der Waals surface area contributed by atoms with Crippen LogP contribution < -0.4 is 5.32 Å². The van der Waals surface area contributed by atoms with Crippen LogP contribution in [0.5, 0.6) is 0 Å². The van der Waals surface area contributed by atoms with Crippen molar-refractivity contribution in [1.82, 2.24) is 4.31 Å². The van der Waals surface area contributed by atoms with Crippen molar-refractivity contribution in [2.45, 2.75) is 30.6 Å². The first kappa shape index (κ1) is 22.3. The Morgan fingerprint density at radius 3 is 2.40 bits per heavy atom. The van der Waals surface area contributed by atoms with Gasteiger partial charge in [-0.15, -0.1) is 0 Å². The van der Waals surface area contributed by atoms with Gasteiger partial charge in [-0.1, -0.05) is 36.6 Å². The molecule has 0 bridgehead atoms. The minimum absolute atomic E-state index is 0.123. The summed E-state index contributed by atoms with van der Waals surface area (Å²) < 4.78 is 32.3. The highest BCUT2D eigenvalue weighted by Gasteiger charge is 2.25. The molecule has 1 heterocycles. The minimum atomic E-state index is -3.63. The Bertz CT molecular complexity index is 1020. The highest BCUT2D eigenvalue weighted by Crippen LogP contribution is 2.22. The predicted octanol–water partition coefficient (Wildman–Crippen LogP) is 3.70. The molecule has 0 unspecified atom stereocenters. The Morgan fingerprint density at radius 2 is 1.70 bits per heavy atom. The van der Waals surface area contributed by atoms with Gasteiger partial charge in [-0.2, -0.15) is 4.31 Å². The predicted molar refractivity (Wildman–Crippen MR) is 114 cm³/mol. The van der Waals surface area contributed by atoms with Gasteiger partial charge < -0.3 is 10.1 Å². The molecule has 0 spiro atoms. The Labute approximate surface area is 181 Å². The van der Waals surface area contributed by atoms with E-state index < -0.39 is 28.5 Å². The van der Waals surface area contributed by atoms with E-state index in [1.807, 2.05) is 0 Å². The number of carbonyl (C=O) groups is 2. The van der Waals surface area contributed by atoms with E-state index in [9.17, 15) is 18.0 Å². The lowest BCUT2D eigenvalue weighted by Gasteiger charge is -2.20. The smallest absolute Gasteiger partial charge is 0.338 e. The van der Waals surface area contributed by atoms with Crippen molar-refractivity contribution in [3.8, 4) is 0 Å². The molecular weight excluding hydrogens is 428 g/mol. The van der Waals surface area contributed by atoms with Crippen LogP contribution in [0.3, 0.4) is 0 Å². The van der Waals surface area contributed by atoms with Crippen LogP contribution in [-0.2, 0) is 19.6 Å². The van der Waals surface area contributed by atoms with Crippen molar-refractivity contribution < 1.29 is 22.7 Å².